The van der Waals surface area contributed by atoms with Gasteiger partial charge in [-0.1, -0.05) is 18.2 Å². The van der Waals surface area contributed by atoms with Crippen LogP contribution in [0.1, 0.15) is 27.0 Å². The van der Waals surface area contributed by atoms with Crippen molar-refractivity contribution < 1.29 is 28.4 Å². The summed E-state index contributed by atoms with van der Waals surface area (Å²) >= 11 is 0. The number of carbonyl (C=O) groups excluding carboxylic acids is 2. The molecule has 218 valence electrons. The van der Waals surface area contributed by atoms with Crippen molar-refractivity contribution in [3.8, 4) is 28.2 Å². The number of hydrogen-bond acceptors (Lipinski definition) is 8. The van der Waals surface area contributed by atoms with E-state index in [1.165, 1.54) is 35.2 Å². The molecule has 0 saturated carbocycles. The highest BCUT2D eigenvalue weighted by Crippen LogP contribution is 2.42. The highest BCUT2D eigenvalue weighted by Gasteiger charge is 2.24. The molecule has 5 rings (SSSR count). The molecule has 3 aromatic rings. The number of non-ortho nitro benzene ring substituents is 1. The number of amides is 1. The standard InChI is InChI=1S/C33H28N2O8/c1-19-15-26-29(17-20(19)2)43-30-18-28(36)21(3)16-27(30)31(26)24-7-5-6-8-25(24)32(37)34(4)13-14-41-33(38)42-23-11-9-22(10-12-23)35(39)40/h5-12,15-18H,13-14H2,1-4H3. The van der Waals surface area contributed by atoms with E-state index in [1.54, 1.807) is 32.2 Å². The van der Waals surface area contributed by atoms with E-state index in [1.807, 2.05) is 38.1 Å². The van der Waals surface area contributed by atoms with Gasteiger partial charge in [0.1, 0.15) is 23.7 Å². The molecule has 43 heavy (non-hydrogen) atoms. The monoisotopic (exact) mass is 580 g/mol. The lowest BCUT2D eigenvalue weighted by atomic mass is 9.88. The maximum absolute atomic E-state index is 13.7. The lowest BCUT2D eigenvalue weighted by Gasteiger charge is -2.22. The van der Waals surface area contributed by atoms with Gasteiger partial charge in [-0.05, 0) is 79.4 Å². The van der Waals surface area contributed by atoms with Crippen molar-refractivity contribution in [2.24, 2.45) is 0 Å². The van der Waals surface area contributed by atoms with Crippen molar-refractivity contribution in [3.63, 3.8) is 0 Å². The van der Waals surface area contributed by atoms with E-state index in [-0.39, 0.29) is 35.9 Å². The van der Waals surface area contributed by atoms with Crippen LogP contribution in [0.3, 0.4) is 0 Å². The highest BCUT2D eigenvalue weighted by molar-refractivity contribution is 6.09. The molecule has 0 aromatic heterocycles. The van der Waals surface area contributed by atoms with Crippen molar-refractivity contribution in [3.05, 3.63) is 115 Å². The molecule has 0 unspecified atom stereocenters. The molecular weight excluding hydrogens is 552 g/mol. The third kappa shape index (κ3) is 5.94. The van der Waals surface area contributed by atoms with Crippen molar-refractivity contribution in [1.82, 2.24) is 4.90 Å². The molecule has 0 atom stereocenters. The summed E-state index contributed by atoms with van der Waals surface area (Å²) in [5.74, 6) is 0.218. The number of nitro benzene ring substituents is 1. The van der Waals surface area contributed by atoms with E-state index in [0.717, 1.165) is 22.1 Å². The molecule has 2 aliphatic rings. The molecule has 10 heteroatoms. The molecule has 0 fully saturated rings. The van der Waals surface area contributed by atoms with Gasteiger partial charge in [0.05, 0.1) is 11.5 Å². The maximum atomic E-state index is 13.7. The minimum atomic E-state index is -1.00. The van der Waals surface area contributed by atoms with Gasteiger partial charge in [0.2, 0.25) is 0 Å². The fraction of sp³-hybridized carbons (Fsp3) is 0.182. The van der Waals surface area contributed by atoms with Crippen LogP contribution in [0.4, 0.5) is 10.5 Å². The zero-order valence-corrected chi connectivity index (χ0v) is 24.0. The number of fused-ring (bicyclic) bond motifs is 2. The first kappa shape index (κ1) is 29.0. The number of nitrogens with zero attached hydrogens (tertiary/aromatic N) is 2. The van der Waals surface area contributed by atoms with Gasteiger partial charge in [-0.25, -0.2) is 4.79 Å². The number of likely N-dealkylation sites (N-methyl/N-ethyl adjacent to an activating group) is 1. The predicted molar refractivity (Wildman–Crippen MR) is 161 cm³/mol. The molecule has 3 aromatic carbocycles. The molecule has 0 spiro atoms. The molecule has 0 N–H and O–H groups in total. The van der Waals surface area contributed by atoms with Crippen molar-refractivity contribution in [1.29, 1.82) is 0 Å². The molecule has 0 saturated heterocycles. The summed E-state index contributed by atoms with van der Waals surface area (Å²) < 4.78 is 16.4. The van der Waals surface area contributed by atoms with Crippen LogP contribution in [0.25, 0.3) is 33.4 Å². The maximum Gasteiger partial charge on any atom is 0.513 e. The number of nitro groups is 1. The minimum absolute atomic E-state index is 0.0745. The van der Waals surface area contributed by atoms with E-state index < -0.39 is 11.1 Å². The number of rotatable bonds is 7. The Morgan fingerprint density at radius 1 is 0.907 bits per heavy atom. The van der Waals surface area contributed by atoms with E-state index in [4.69, 9.17) is 13.9 Å². The number of carbonyl (C=O) groups is 2. The van der Waals surface area contributed by atoms with Gasteiger partial charge in [-0.2, -0.15) is 0 Å². The second-order valence-corrected chi connectivity index (χ2v) is 10.2. The summed E-state index contributed by atoms with van der Waals surface area (Å²) in [5.41, 5.74) is 5.57. The van der Waals surface area contributed by atoms with E-state index in [0.29, 0.717) is 33.6 Å². The highest BCUT2D eigenvalue weighted by atomic mass is 16.7. The topological polar surface area (TPSA) is 129 Å². The summed E-state index contributed by atoms with van der Waals surface area (Å²) in [6.45, 7) is 5.67. The first-order valence-corrected chi connectivity index (χ1v) is 13.5. The Morgan fingerprint density at radius 2 is 1.60 bits per heavy atom. The Kier molecular flexibility index (Phi) is 7.94. The largest absolute Gasteiger partial charge is 0.513 e. The van der Waals surface area contributed by atoms with Gasteiger partial charge in [0.15, 0.2) is 5.43 Å². The van der Waals surface area contributed by atoms with Gasteiger partial charge < -0.3 is 18.8 Å². The fourth-order valence-corrected chi connectivity index (χ4v) is 4.79. The van der Waals surface area contributed by atoms with Crippen LogP contribution in [0, 0.1) is 30.9 Å². The Balaban J connectivity index is 1.41. The Morgan fingerprint density at radius 3 is 2.33 bits per heavy atom. The summed E-state index contributed by atoms with van der Waals surface area (Å²) in [4.78, 5) is 50.0. The van der Waals surface area contributed by atoms with E-state index in [9.17, 15) is 24.5 Å². The van der Waals surface area contributed by atoms with Crippen molar-refractivity contribution in [2.75, 3.05) is 20.2 Å². The Hall–Kier alpha value is -5.51. The summed E-state index contributed by atoms with van der Waals surface area (Å²) in [6.07, 6.45) is -1.00. The molecule has 10 nitrogen and oxygen atoms in total. The predicted octanol–water partition coefficient (Wildman–Crippen LogP) is 6.69. The first-order chi connectivity index (χ1) is 20.5. The molecule has 1 heterocycles. The molecule has 1 aliphatic carbocycles. The Labute approximate surface area is 246 Å². The second kappa shape index (κ2) is 11.8. The normalized spacial score (nSPS) is 11.0. The molecule has 1 amide bonds. The van der Waals surface area contributed by atoms with Crippen LogP contribution in [0.5, 0.6) is 5.75 Å². The molecule has 0 radical (unpaired) electrons. The lowest BCUT2D eigenvalue weighted by molar-refractivity contribution is -0.384. The lowest BCUT2D eigenvalue weighted by Crippen LogP contribution is -2.31. The minimum Gasteiger partial charge on any atom is -0.456 e. The van der Waals surface area contributed by atoms with Crippen LogP contribution in [0.2, 0.25) is 0 Å². The molecule has 1 aliphatic heterocycles. The number of ether oxygens (including phenoxy) is 2. The zero-order valence-electron chi connectivity index (χ0n) is 24.0. The van der Waals surface area contributed by atoms with Gasteiger partial charge in [-0.15, -0.1) is 0 Å². The zero-order chi connectivity index (χ0) is 30.8. The number of aryl methyl sites for hydroxylation is 3. The third-order valence-corrected chi connectivity index (χ3v) is 7.30. The van der Waals surface area contributed by atoms with Gasteiger partial charge in [0.25, 0.3) is 11.6 Å². The average molecular weight is 581 g/mol. The first-order valence-electron chi connectivity index (χ1n) is 13.5. The Bertz CT molecular complexity index is 1910. The van der Waals surface area contributed by atoms with Crippen molar-refractivity contribution >= 4 is 28.7 Å². The van der Waals surface area contributed by atoms with Crippen LogP contribution in [0.15, 0.2) is 82.0 Å². The van der Waals surface area contributed by atoms with Gasteiger partial charge in [-0.3, -0.25) is 19.7 Å². The second-order valence-electron chi connectivity index (χ2n) is 10.2. The molecule has 0 bridgehead atoms. The van der Waals surface area contributed by atoms with Gasteiger partial charge >= 0.3 is 6.16 Å². The van der Waals surface area contributed by atoms with Crippen molar-refractivity contribution in [2.45, 2.75) is 20.8 Å². The summed E-state index contributed by atoms with van der Waals surface area (Å²) in [5, 5.41) is 11.6. The summed E-state index contributed by atoms with van der Waals surface area (Å²) in [7, 11) is 1.60. The van der Waals surface area contributed by atoms with Crippen LogP contribution in [-0.4, -0.2) is 42.1 Å². The summed E-state index contributed by atoms with van der Waals surface area (Å²) in [6, 6.07) is 19.5. The van der Waals surface area contributed by atoms with Crippen LogP contribution >= 0.6 is 0 Å². The van der Waals surface area contributed by atoms with Crippen LogP contribution in [-0.2, 0) is 4.74 Å². The van der Waals surface area contributed by atoms with E-state index >= 15 is 0 Å². The number of benzene rings is 4. The SMILES string of the molecule is Cc1cc2oc3cc(=O)c(C)cc-3c(-c3ccccc3C(=O)N(C)CCOC(=O)Oc3ccc([N+](=O)[O-])cc3)c2cc1C. The average Bonchev–Trinajstić information content (AvgIpc) is 2.97. The third-order valence-electron chi connectivity index (χ3n) is 7.30. The van der Waals surface area contributed by atoms with Crippen LogP contribution < -0.4 is 10.2 Å². The smallest absolute Gasteiger partial charge is 0.456 e. The van der Waals surface area contributed by atoms with Gasteiger partial charge in [0, 0.05) is 47.3 Å². The quantitative estimate of drug-likeness (QED) is 0.0685. The molecular formula is C33H28N2O8. The fourth-order valence-electron chi connectivity index (χ4n) is 4.79. The number of hydrogen-bond donors (Lipinski definition) is 0. The van der Waals surface area contributed by atoms with E-state index in [2.05, 4.69) is 0 Å².